The summed E-state index contributed by atoms with van der Waals surface area (Å²) >= 11 is 3.58. The first-order chi connectivity index (χ1) is 7.99. The van der Waals surface area contributed by atoms with Crippen molar-refractivity contribution in [2.45, 2.75) is 19.8 Å². The van der Waals surface area contributed by atoms with Crippen molar-refractivity contribution >= 4 is 27.6 Å². The van der Waals surface area contributed by atoms with Crippen molar-refractivity contribution in [1.29, 1.82) is 0 Å². The Morgan fingerprint density at radius 1 is 1.59 bits per heavy atom. The van der Waals surface area contributed by atoms with E-state index in [0.29, 0.717) is 6.42 Å². The molecule has 92 valence electrons. The molecule has 0 saturated heterocycles. The molecule has 0 aromatic heterocycles. The maximum Gasteiger partial charge on any atom is 0.306 e. The third kappa shape index (κ3) is 2.46. The molecule has 1 aromatic carbocycles. The summed E-state index contributed by atoms with van der Waals surface area (Å²) in [5.74, 6) is -1.07. The summed E-state index contributed by atoms with van der Waals surface area (Å²) in [5.41, 5.74) is 3.66. The number of hydrogen-bond donors (Lipinski definition) is 1. The Bertz CT molecular complexity index is 459. The molecule has 0 amide bonds. The highest BCUT2D eigenvalue weighted by Crippen LogP contribution is 2.36. The lowest BCUT2D eigenvalue weighted by molar-refractivity contribution is -0.141. The molecule has 0 fully saturated rings. The minimum Gasteiger partial charge on any atom is -0.481 e. The smallest absolute Gasteiger partial charge is 0.306 e. The molecular formula is C13H16BrNO2. The fraction of sp³-hybridized carbons (Fsp3) is 0.462. The van der Waals surface area contributed by atoms with E-state index in [2.05, 4.69) is 33.9 Å². The van der Waals surface area contributed by atoms with Gasteiger partial charge in [0.25, 0.3) is 0 Å². The summed E-state index contributed by atoms with van der Waals surface area (Å²) in [5, 5.41) is 8.93. The first kappa shape index (κ1) is 12.4. The van der Waals surface area contributed by atoms with E-state index < -0.39 is 5.97 Å². The molecule has 0 radical (unpaired) electrons. The van der Waals surface area contributed by atoms with E-state index in [4.69, 9.17) is 5.11 Å². The van der Waals surface area contributed by atoms with Crippen LogP contribution in [-0.2, 0) is 17.6 Å². The number of benzene rings is 1. The molecule has 0 aliphatic carbocycles. The second-order valence-corrected chi connectivity index (χ2v) is 5.55. The minimum absolute atomic E-state index is 0.334. The highest BCUT2D eigenvalue weighted by molar-refractivity contribution is 9.10. The molecule has 0 spiro atoms. The predicted octanol–water partition coefficient (Wildman–Crippen LogP) is 2.70. The Morgan fingerprint density at radius 2 is 2.29 bits per heavy atom. The Balaban J connectivity index is 2.27. The third-order valence-corrected chi connectivity index (χ3v) is 3.87. The second-order valence-electron chi connectivity index (χ2n) is 4.70. The molecular weight excluding hydrogens is 282 g/mol. The molecule has 1 atom stereocenters. The zero-order chi connectivity index (χ0) is 12.6. The van der Waals surface area contributed by atoms with Crippen LogP contribution >= 0.6 is 15.9 Å². The average Bonchev–Trinajstić information content (AvgIpc) is 2.60. The Morgan fingerprint density at radius 3 is 2.94 bits per heavy atom. The van der Waals surface area contributed by atoms with Gasteiger partial charge in [0.2, 0.25) is 0 Å². The highest BCUT2D eigenvalue weighted by atomic mass is 79.9. The van der Waals surface area contributed by atoms with Gasteiger partial charge in [0.05, 0.1) is 11.6 Å². The number of carbonyl (C=O) groups is 1. The molecule has 1 heterocycles. The topological polar surface area (TPSA) is 40.5 Å². The van der Waals surface area contributed by atoms with E-state index in [-0.39, 0.29) is 5.92 Å². The van der Waals surface area contributed by atoms with Crippen molar-refractivity contribution in [2.75, 3.05) is 18.5 Å². The van der Waals surface area contributed by atoms with E-state index >= 15 is 0 Å². The van der Waals surface area contributed by atoms with Crippen molar-refractivity contribution in [3.63, 3.8) is 0 Å². The van der Waals surface area contributed by atoms with Crippen molar-refractivity contribution in [3.8, 4) is 0 Å². The van der Waals surface area contributed by atoms with E-state index in [1.165, 1.54) is 11.3 Å². The van der Waals surface area contributed by atoms with Crippen LogP contribution in [0.1, 0.15) is 18.1 Å². The number of rotatable bonds is 3. The lowest BCUT2D eigenvalue weighted by Crippen LogP contribution is -2.13. The molecule has 3 nitrogen and oxygen atoms in total. The third-order valence-electron chi connectivity index (χ3n) is 3.26. The average molecular weight is 298 g/mol. The van der Waals surface area contributed by atoms with E-state index in [1.54, 1.807) is 6.92 Å². The number of hydrogen-bond acceptors (Lipinski definition) is 2. The Kier molecular flexibility index (Phi) is 3.43. The van der Waals surface area contributed by atoms with Crippen molar-refractivity contribution in [2.24, 2.45) is 5.92 Å². The minimum atomic E-state index is -0.737. The normalized spacial score (nSPS) is 15.8. The lowest BCUT2D eigenvalue weighted by Gasteiger charge is -2.15. The van der Waals surface area contributed by atoms with Gasteiger partial charge in [0.15, 0.2) is 0 Å². The fourth-order valence-electron chi connectivity index (χ4n) is 2.30. The van der Waals surface area contributed by atoms with Gasteiger partial charge in [-0.3, -0.25) is 4.79 Å². The Hall–Kier alpha value is -1.03. The maximum atomic E-state index is 10.9. The standard InChI is InChI=1S/C13H16BrNO2/c1-8(13(16)17)5-9-6-10-3-4-15(2)12(10)11(14)7-9/h6-8H,3-5H2,1-2H3,(H,16,17). The van der Waals surface area contributed by atoms with Crippen molar-refractivity contribution in [3.05, 3.63) is 27.7 Å². The highest BCUT2D eigenvalue weighted by Gasteiger charge is 2.20. The van der Waals surface area contributed by atoms with Crippen LogP contribution in [0.2, 0.25) is 0 Å². The first-order valence-electron chi connectivity index (χ1n) is 5.74. The molecule has 4 heteroatoms. The van der Waals surface area contributed by atoms with E-state index in [0.717, 1.165) is 23.0 Å². The number of carboxylic acids is 1. The number of aliphatic carboxylic acids is 1. The number of fused-ring (bicyclic) bond motifs is 1. The quantitative estimate of drug-likeness (QED) is 0.932. The summed E-state index contributed by atoms with van der Waals surface area (Å²) in [4.78, 5) is 13.1. The van der Waals surface area contributed by atoms with Crippen molar-refractivity contribution in [1.82, 2.24) is 0 Å². The van der Waals surface area contributed by atoms with Gasteiger partial charge in [0.1, 0.15) is 0 Å². The van der Waals surface area contributed by atoms with Gasteiger partial charge in [-0.05, 0) is 46.0 Å². The molecule has 0 saturated carbocycles. The largest absolute Gasteiger partial charge is 0.481 e. The SMILES string of the molecule is CC(Cc1cc(Br)c2c(c1)CCN2C)C(=O)O. The van der Waals surface area contributed by atoms with Gasteiger partial charge in [-0.1, -0.05) is 13.0 Å². The molecule has 1 aliphatic heterocycles. The zero-order valence-corrected chi connectivity index (χ0v) is 11.6. The molecule has 2 rings (SSSR count). The van der Waals surface area contributed by atoms with E-state index in [9.17, 15) is 4.79 Å². The second kappa shape index (κ2) is 4.69. The summed E-state index contributed by atoms with van der Waals surface area (Å²) in [6.45, 7) is 2.78. The van der Waals surface area contributed by atoms with Crippen LogP contribution < -0.4 is 4.90 Å². The van der Waals surface area contributed by atoms with Crippen LogP contribution in [0.25, 0.3) is 0 Å². The number of likely N-dealkylation sites (N-methyl/N-ethyl adjacent to an activating group) is 1. The molecule has 1 unspecified atom stereocenters. The van der Waals surface area contributed by atoms with Crippen molar-refractivity contribution < 1.29 is 9.90 Å². The van der Waals surface area contributed by atoms with Crippen LogP contribution in [0.4, 0.5) is 5.69 Å². The molecule has 1 aromatic rings. The van der Waals surface area contributed by atoms with Crippen LogP contribution in [0.3, 0.4) is 0 Å². The fourth-order valence-corrected chi connectivity index (χ4v) is 3.15. The van der Waals surface area contributed by atoms with Gasteiger partial charge < -0.3 is 10.0 Å². The van der Waals surface area contributed by atoms with Crippen LogP contribution in [-0.4, -0.2) is 24.7 Å². The lowest BCUT2D eigenvalue weighted by atomic mass is 9.99. The summed E-state index contributed by atoms with van der Waals surface area (Å²) in [6.07, 6.45) is 1.63. The van der Waals surface area contributed by atoms with Crippen LogP contribution in [0, 0.1) is 5.92 Å². The molecule has 1 aliphatic rings. The van der Waals surface area contributed by atoms with E-state index in [1.807, 2.05) is 6.07 Å². The number of nitrogens with zero attached hydrogens (tertiary/aromatic N) is 1. The number of halogens is 1. The number of anilines is 1. The van der Waals surface area contributed by atoms with Gasteiger partial charge >= 0.3 is 5.97 Å². The van der Waals surface area contributed by atoms with Crippen LogP contribution in [0.5, 0.6) is 0 Å². The summed E-state index contributed by atoms with van der Waals surface area (Å²) in [7, 11) is 2.08. The molecule has 1 N–H and O–H groups in total. The maximum absolute atomic E-state index is 10.9. The first-order valence-corrected chi connectivity index (χ1v) is 6.53. The summed E-state index contributed by atoms with van der Waals surface area (Å²) in [6, 6.07) is 4.18. The van der Waals surface area contributed by atoms with Gasteiger partial charge in [-0.15, -0.1) is 0 Å². The van der Waals surface area contributed by atoms with Gasteiger partial charge in [-0.25, -0.2) is 0 Å². The van der Waals surface area contributed by atoms with Crippen LogP contribution in [0.15, 0.2) is 16.6 Å². The predicted molar refractivity (Wildman–Crippen MR) is 71.6 cm³/mol. The zero-order valence-electron chi connectivity index (χ0n) is 10.0. The monoisotopic (exact) mass is 297 g/mol. The van der Waals surface area contributed by atoms with Gasteiger partial charge in [0, 0.05) is 18.1 Å². The Labute approximate surface area is 110 Å². The molecule has 17 heavy (non-hydrogen) atoms. The molecule has 0 bridgehead atoms. The number of carboxylic acid groups (broad SMARTS) is 1. The summed E-state index contributed by atoms with van der Waals surface area (Å²) < 4.78 is 1.07. The van der Waals surface area contributed by atoms with Gasteiger partial charge in [-0.2, -0.15) is 0 Å².